The molecule has 110 valence electrons. The van der Waals surface area contributed by atoms with Crippen LogP contribution in [-0.4, -0.2) is 20.1 Å². The summed E-state index contributed by atoms with van der Waals surface area (Å²) in [6.45, 7) is 0. The third-order valence-electron chi connectivity index (χ3n) is 2.82. The van der Waals surface area contributed by atoms with Gasteiger partial charge in [0.2, 0.25) is 0 Å². The van der Waals surface area contributed by atoms with Crippen LogP contribution in [0.1, 0.15) is 0 Å². The van der Waals surface area contributed by atoms with Crippen LogP contribution in [0.3, 0.4) is 0 Å². The van der Waals surface area contributed by atoms with Gasteiger partial charge in [0.15, 0.2) is 0 Å². The zero-order valence-corrected chi connectivity index (χ0v) is 13.2. The molecule has 0 aliphatic carbocycles. The van der Waals surface area contributed by atoms with Gasteiger partial charge >= 0.3 is 6.03 Å². The van der Waals surface area contributed by atoms with E-state index in [1.807, 2.05) is 43.3 Å². The van der Waals surface area contributed by atoms with Crippen molar-refractivity contribution in [3.63, 3.8) is 0 Å². The second kappa shape index (κ2) is 6.70. The van der Waals surface area contributed by atoms with Crippen LogP contribution >= 0.6 is 23.2 Å². The quantitative estimate of drug-likeness (QED) is 0.859. The second-order valence-corrected chi connectivity index (χ2v) is 5.49. The van der Waals surface area contributed by atoms with E-state index in [4.69, 9.17) is 23.2 Å². The van der Waals surface area contributed by atoms with Crippen LogP contribution in [-0.2, 0) is 0 Å². The number of amides is 2. The molecule has 2 N–H and O–H groups in total. The minimum atomic E-state index is -0.364. The predicted octanol–water partition coefficient (Wildman–Crippen LogP) is 4.70. The summed E-state index contributed by atoms with van der Waals surface area (Å²) in [5, 5.41) is 6.32. The zero-order valence-electron chi connectivity index (χ0n) is 11.7. The fraction of sp³-hybridized carbons (Fsp3) is 0.133. The molecule has 2 amide bonds. The monoisotopic (exact) mass is 323 g/mol. The Morgan fingerprint density at radius 2 is 1.67 bits per heavy atom. The normalized spacial score (nSPS) is 10.1. The lowest BCUT2D eigenvalue weighted by Crippen LogP contribution is -2.19. The smallest absolute Gasteiger partial charge is 0.323 e. The Balaban J connectivity index is 2.01. The molecule has 6 heteroatoms. The van der Waals surface area contributed by atoms with E-state index in [-0.39, 0.29) is 6.03 Å². The average molecular weight is 324 g/mol. The van der Waals surface area contributed by atoms with Gasteiger partial charge in [0.05, 0.1) is 10.7 Å². The van der Waals surface area contributed by atoms with Crippen molar-refractivity contribution >= 4 is 46.3 Å². The third kappa shape index (κ3) is 4.28. The summed E-state index contributed by atoms with van der Waals surface area (Å²) < 4.78 is 0. The second-order valence-electron chi connectivity index (χ2n) is 4.64. The molecule has 0 heterocycles. The number of nitrogens with one attached hydrogen (secondary N) is 2. The molecule has 0 atom stereocenters. The van der Waals surface area contributed by atoms with E-state index in [2.05, 4.69) is 10.6 Å². The van der Waals surface area contributed by atoms with Gasteiger partial charge in [-0.3, -0.25) is 0 Å². The Morgan fingerprint density at radius 3 is 2.24 bits per heavy atom. The lowest BCUT2D eigenvalue weighted by Gasteiger charge is -2.13. The minimum absolute atomic E-state index is 0.364. The standard InChI is InChI=1S/C15H15Cl2N3O/c1-20(2)12-6-4-11(5-7-12)18-15(21)19-14-8-3-10(16)9-13(14)17/h3-9H,1-2H3,(H2,18,19,21). The molecule has 0 aromatic heterocycles. The van der Waals surface area contributed by atoms with Crippen LogP contribution in [0.25, 0.3) is 0 Å². The zero-order chi connectivity index (χ0) is 15.4. The van der Waals surface area contributed by atoms with Crippen LogP contribution in [0.2, 0.25) is 10.0 Å². The lowest BCUT2D eigenvalue weighted by molar-refractivity contribution is 0.262. The number of rotatable bonds is 3. The minimum Gasteiger partial charge on any atom is -0.378 e. The van der Waals surface area contributed by atoms with E-state index in [1.165, 1.54) is 0 Å². The maximum Gasteiger partial charge on any atom is 0.323 e. The van der Waals surface area contributed by atoms with Crippen molar-refractivity contribution in [3.05, 3.63) is 52.5 Å². The van der Waals surface area contributed by atoms with Gasteiger partial charge in [-0.15, -0.1) is 0 Å². The largest absolute Gasteiger partial charge is 0.378 e. The SMILES string of the molecule is CN(C)c1ccc(NC(=O)Nc2ccc(Cl)cc2Cl)cc1. The Hall–Kier alpha value is -1.91. The molecule has 4 nitrogen and oxygen atoms in total. The third-order valence-corrected chi connectivity index (χ3v) is 3.37. The van der Waals surface area contributed by atoms with E-state index in [1.54, 1.807) is 18.2 Å². The highest BCUT2D eigenvalue weighted by Gasteiger charge is 2.06. The first-order valence-electron chi connectivity index (χ1n) is 6.26. The van der Waals surface area contributed by atoms with Gasteiger partial charge in [-0.25, -0.2) is 4.79 Å². The topological polar surface area (TPSA) is 44.4 Å². The van der Waals surface area contributed by atoms with Crippen LogP contribution in [0, 0.1) is 0 Å². The summed E-state index contributed by atoms with van der Waals surface area (Å²) in [6.07, 6.45) is 0. The van der Waals surface area contributed by atoms with Crippen molar-refractivity contribution in [2.75, 3.05) is 29.6 Å². The molecular weight excluding hydrogens is 309 g/mol. The van der Waals surface area contributed by atoms with E-state index in [0.717, 1.165) is 5.69 Å². The summed E-state index contributed by atoms with van der Waals surface area (Å²) in [5.74, 6) is 0. The Kier molecular flexibility index (Phi) is 4.94. The van der Waals surface area contributed by atoms with Crippen molar-refractivity contribution < 1.29 is 4.79 Å². The van der Waals surface area contributed by atoms with Gasteiger partial charge in [0.1, 0.15) is 0 Å². The van der Waals surface area contributed by atoms with Crippen molar-refractivity contribution in [3.8, 4) is 0 Å². The van der Waals surface area contributed by atoms with Crippen molar-refractivity contribution in [2.45, 2.75) is 0 Å². The number of carbonyl (C=O) groups is 1. The first kappa shape index (κ1) is 15.5. The maximum absolute atomic E-state index is 11.9. The van der Waals surface area contributed by atoms with E-state index >= 15 is 0 Å². The molecule has 2 rings (SSSR count). The Morgan fingerprint density at radius 1 is 1.00 bits per heavy atom. The van der Waals surface area contributed by atoms with Crippen LogP contribution < -0.4 is 15.5 Å². The molecule has 0 spiro atoms. The molecule has 0 saturated carbocycles. The first-order valence-corrected chi connectivity index (χ1v) is 7.02. The molecule has 0 radical (unpaired) electrons. The summed E-state index contributed by atoms with van der Waals surface area (Å²) in [5.41, 5.74) is 2.26. The highest BCUT2D eigenvalue weighted by atomic mass is 35.5. The first-order chi connectivity index (χ1) is 9.95. The van der Waals surface area contributed by atoms with Crippen molar-refractivity contribution in [1.29, 1.82) is 0 Å². The molecule has 21 heavy (non-hydrogen) atoms. The molecule has 2 aromatic carbocycles. The molecule has 0 aliphatic heterocycles. The summed E-state index contributed by atoms with van der Waals surface area (Å²) in [7, 11) is 3.91. The Labute approximate surface area is 133 Å². The summed E-state index contributed by atoms with van der Waals surface area (Å²) in [4.78, 5) is 13.9. The number of anilines is 3. The average Bonchev–Trinajstić information content (AvgIpc) is 2.42. The van der Waals surface area contributed by atoms with Crippen LogP contribution in [0.15, 0.2) is 42.5 Å². The van der Waals surface area contributed by atoms with Crippen molar-refractivity contribution in [2.24, 2.45) is 0 Å². The number of halogens is 2. The summed E-state index contributed by atoms with van der Waals surface area (Å²) in [6, 6.07) is 12.0. The molecule has 0 bridgehead atoms. The van der Waals surface area contributed by atoms with E-state index in [0.29, 0.717) is 21.4 Å². The number of carbonyl (C=O) groups excluding carboxylic acids is 1. The number of hydrogen-bond donors (Lipinski definition) is 2. The van der Waals surface area contributed by atoms with Gasteiger partial charge in [0.25, 0.3) is 0 Å². The highest BCUT2D eigenvalue weighted by molar-refractivity contribution is 6.36. The number of benzene rings is 2. The van der Waals surface area contributed by atoms with Crippen LogP contribution in [0.5, 0.6) is 0 Å². The lowest BCUT2D eigenvalue weighted by atomic mass is 10.2. The molecular formula is C15H15Cl2N3O. The molecule has 0 unspecified atom stereocenters. The molecule has 2 aromatic rings. The molecule has 0 aliphatic rings. The Bertz CT molecular complexity index is 642. The van der Waals surface area contributed by atoms with E-state index in [9.17, 15) is 4.79 Å². The maximum atomic E-state index is 11.9. The number of urea groups is 1. The van der Waals surface area contributed by atoms with Crippen molar-refractivity contribution in [1.82, 2.24) is 0 Å². The van der Waals surface area contributed by atoms with E-state index < -0.39 is 0 Å². The van der Waals surface area contributed by atoms with Crippen LogP contribution in [0.4, 0.5) is 21.9 Å². The fourth-order valence-electron chi connectivity index (χ4n) is 1.72. The van der Waals surface area contributed by atoms with Gasteiger partial charge in [-0.1, -0.05) is 23.2 Å². The number of hydrogen-bond acceptors (Lipinski definition) is 2. The van der Waals surface area contributed by atoms with Gasteiger partial charge < -0.3 is 15.5 Å². The summed E-state index contributed by atoms with van der Waals surface area (Å²) >= 11 is 11.8. The van der Waals surface area contributed by atoms with Gasteiger partial charge in [-0.2, -0.15) is 0 Å². The molecule has 0 saturated heterocycles. The highest BCUT2D eigenvalue weighted by Crippen LogP contribution is 2.25. The van der Waals surface area contributed by atoms with Gasteiger partial charge in [0, 0.05) is 30.5 Å². The van der Waals surface area contributed by atoms with Gasteiger partial charge in [-0.05, 0) is 42.5 Å². The molecule has 0 fully saturated rings. The fourth-order valence-corrected chi connectivity index (χ4v) is 2.17. The number of nitrogens with zero attached hydrogens (tertiary/aromatic N) is 1. The predicted molar refractivity (Wildman–Crippen MR) is 89.9 cm³/mol.